The van der Waals surface area contributed by atoms with Gasteiger partial charge in [-0.3, -0.25) is 14.9 Å². The number of Topliss-reactive ketones (excluding diaryl/α,β-unsaturated/α-hetero) is 1. The molecule has 8 atom stereocenters. The maximum absolute atomic E-state index is 13.3. The summed E-state index contributed by atoms with van der Waals surface area (Å²) < 4.78 is 11.9. The first-order valence-electron chi connectivity index (χ1n) is 16.8. The predicted octanol–water partition coefficient (Wildman–Crippen LogP) is 5.81. The van der Waals surface area contributed by atoms with Crippen molar-refractivity contribution >= 4 is 41.1 Å². The predicted molar refractivity (Wildman–Crippen MR) is 181 cm³/mol. The number of rotatable bonds is 8. The van der Waals surface area contributed by atoms with E-state index in [2.05, 4.69) is 0 Å². The van der Waals surface area contributed by atoms with E-state index in [9.17, 15) is 39.8 Å². The van der Waals surface area contributed by atoms with Crippen molar-refractivity contribution in [2.75, 3.05) is 0 Å². The van der Waals surface area contributed by atoms with Crippen LogP contribution in [0.2, 0.25) is 5.02 Å². The SMILES string of the molecule is CC(=O)[C@]1(O)CC[C@@]2(O)[C@]1(C)[C@H](OC(=O)/C=C(\C)C(C)C)C[C@@H]1[C@@]3(C)CC[C@H](OC(=O)/C=C/c4ccc(Cl)c([N+](=O)[O-])c4)CC3=CC[C@]12O. The van der Waals surface area contributed by atoms with Crippen LogP contribution in [-0.2, 0) is 23.9 Å². The minimum Gasteiger partial charge on any atom is -0.459 e. The number of esters is 2. The zero-order valence-electron chi connectivity index (χ0n) is 28.8. The number of nitro benzene ring substituents is 1. The van der Waals surface area contributed by atoms with Crippen LogP contribution in [0.4, 0.5) is 5.69 Å². The van der Waals surface area contributed by atoms with Crippen molar-refractivity contribution in [2.24, 2.45) is 22.7 Å². The molecule has 3 fully saturated rings. The van der Waals surface area contributed by atoms with Gasteiger partial charge in [0.15, 0.2) is 5.78 Å². The monoisotopic (exact) mass is 699 g/mol. The third kappa shape index (κ3) is 5.76. The summed E-state index contributed by atoms with van der Waals surface area (Å²) in [6.07, 6.45) is 5.59. The van der Waals surface area contributed by atoms with Gasteiger partial charge in [0.1, 0.15) is 34.0 Å². The summed E-state index contributed by atoms with van der Waals surface area (Å²) in [6.45, 7) is 10.5. The average molecular weight is 700 g/mol. The zero-order chi connectivity index (χ0) is 36.3. The smallest absolute Gasteiger partial charge is 0.331 e. The first-order chi connectivity index (χ1) is 22.7. The van der Waals surface area contributed by atoms with Crippen molar-refractivity contribution in [2.45, 2.75) is 115 Å². The summed E-state index contributed by atoms with van der Waals surface area (Å²) in [6, 6.07) is 4.20. The van der Waals surface area contributed by atoms with Crippen LogP contribution in [0.25, 0.3) is 6.08 Å². The highest BCUT2D eigenvalue weighted by Crippen LogP contribution is 2.71. The molecular weight excluding hydrogens is 654 g/mol. The molecule has 0 aromatic heterocycles. The van der Waals surface area contributed by atoms with E-state index in [4.69, 9.17) is 21.1 Å². The number of allylic oxidation sites excluding steroid dienone is 1. The number of hydrogen-bond donors (Lipinski definition) is 3. The summed E-state index contributed by atoms with van der Waals surface area (Å²) in [5.74, 6) is -2.35. The number of halogens is 1. The summed E-state index contributed by atoms with van der Waals surface area (Å²) in [5, 5.41) is 48.4. The Hall–Kier alpha value is -3.38. The van der Waals surface area contributed by atoms with Gasteiger partial charge < -0.3 is 24.8 Å². The Labute approximate surface area is 291 Å². The van der Waals surface area contributed by atoms with Crippen molar-refractivity contribution < 1.29 is 44.1 Å². The number of carbonyl (C=O) groups excluding carboxylic acids is 3. The van der Waals surface area contributed by atoms with Gasteiger partial charge in [-0.15, -0.1) is 0 Å². The second-order valence-electron chi connectivity index (χ2n) is 15.1. The molecule has 0 heterocycles. The minimum absolute atomic E-state index is 0.0117. The minimum atomic E-state index is -2.04. The maximum atomic E-state index is 13.3. The Balaban J connectivity index is 1.42. The molecule has 3 saturated carbocycles. The largest absolute Gasteiger partial charge is 0.459 e. The third-order valence-corrected chi connectivity index (χ3v) is 12.8. The number of ether oxygens (including phenoxy) is 2. The van der Waals surface area contributed by atoms with Crippen molar-refractivity contribution in [1.29, 1.82) is 0 Å². The van der Waals surface area contributed by atoms with Crippen LogP contribution in [-0.4, -0.2) is 67.0 Å². The Morgan fingerprint density at radius 2 is 1.76 bits per heavy atom. The lowest BCUT2D eigenvalue weighted by Gasteiger charge is -2.67. The molecule has 5 rings (SSSR count). The topological polar surface area (TPSA) is 174 Å². The molecule has 1 aromatic carbocycles. The maximum Gasteiger partial charge on any atom is 0.331 e. The van der Waals surface area contributed by atoms with Crippen LogP contribution in [0, 0.1) is 32.8 Å². The first-order valence-corrected chi connectivity index (χ1v) is 17.2. The highest BCUT2D eigenvalue weighted by atomic mass is 35.5. The summed E-state index contributed by atoms with van der Waals surface area (Å²) >= 11 is 5.88. The summed E-state index contributed by atoms with van der Waals surface area (Å²) in [4.78, 5) is 49.7. The van der Waals surface area contributed by atoms with E-state index >= 15 is 0 Å². The fourth-order valence-corrected chi connectivity index (χ4v) is 9.31. The van der Waals surface area contributed by atoms with E-state index < -0.39 is 68.4 Å². The van der Waals surface area contributed by atoms with E-state index in [1.807, 2.05) is 33.8 Å². The second kappa shape index (κ2) is 12.7. The molecule has 0 aliphatic heterocycles. The van der Waals surface area contributed by atoms with Gasteiger partial charge in [-0.1, -0.05) is 55.7 Å². The van der Waals surface area contributed by atoms with Crippen LogP contribution < -0.4 is 0 Å². The normalized spacial score (nSPS) is 37.2. The average Bonchev–Trinajstić information content (AvgIpc) is 3.26. The molecule has 11 nitrogen and oxygen atoms in total. The zero-order valence-corrected chi connectivity index (χ0v) is 29.6. The lowest BCUT2D eigenvalue weighted by molar-refractivity contribution is -0.384. The number of carbonyl (C=O) groups is 3. The van der Waals surface area contributed by atoms with Crippen molar-refractivity contribution in [3.63, 3.8) is 0 Å². The number of ketones is 1. The molecule has 12 heteroatoms. The molecule has 3 N–H and O–H groups in total. The van der Waals surface area contributed by atoms with Crippen molar-refractivity contribution in [3.05, 3.63) is 68.3 Å². The van der Waals surface area contributed by atoms with E-state index in [1.165, 1.54) is 37.3 Å². The molecular formula is C37H46ClNO10. The Bertz CT molecular complexity index is 1670. The Kier molecular flexibility index (Phi) is 9.59. The van der Waals surface area contributed by atoms with Gasteiger partial charge in [-0.25, -0.2) is 9.59 Å². The van der Waals surface area contributed by atoms with E-state index in [1.54, 1.807) is 13.0 Å². The lowest BCUT2D eigenvalue weighted by atomic mass is 9.42. The summed E-state index contributed by atoms with van der Waals surface area (Å²) in [5.41, 5.74) is -6.27. The lowest BCUT2D eigenvalue weighted by Crippen LogP contribution is -2.78. The number of nitrogens with zero attached hydrogens (tertiary/aromatic N) is 1. The molecule has 0 bridgehead atoms. The Morgan fingerprint density at radius 1 is 1.06 bits per heavy atom. The van der Waals surface area contributed by atoms with Crippen LogP contribution in [0.3, 0.4) is 0 Å². The van der Waals surface area contributed by atoms with Gasteiger partial charge in [0, 0.05) is 30.6 Å². The highest BCUT2D eigenvalue weighted by Gasteiger charge is 2.81. The fraction of sp³-hybridized carbons (Fsp3) is 0.595. The molecule has 0 spiro atoms. The first kappa shape index (κ1) is 36.9. The summed E-state index contributed by atoms with van der Waals surface area (Å²) in [7, 11) is 0. The van der Waals surface area contributed by atoms with Gasteiger partial charge in [0.05, 0.1) is 10.3 Å². The van der Waals surface area contributed by atoms with Gasteiger partial charge >= 0.3 is 11.9 Å². The number of benzene rings is 1. The van der Waals surface area contributed by atoms with Crippen molar-refractivity contribution in [1.82, 2.24) is 0 Å². The molecule has 266 valence electrons. The van der Waals surface area contributed by atoms with Crippen LogP contribution in [0.15, 0.2) is 47.6 Å². The molecule has 0 radical (unpaired) electrons. The Morgan fingerprint density at radius 3 is 2.39 bits per heavy atom. The van der Waals surface area contributed by atoms with E-state index in [0.29, 0.717) is 24.8 Å². The van der Waals surface area contributed by atoms with Crippen LogP contribution in [0.1, 0.15) is 92.1 Å². The number of aliphatic hydroxyl groups is 3. The van der Waals surface area contributed by atoms with Crippen molar-refractivity contribution in [3.8, 4) is 0 Å². The number of fused-ring (bicyclic) bond motifs is 5. The number of nitro groups is 1. The standard InChI is InChI=1S/C37H46ClNO10/c1-21(2)22(3)17-32(42)49-30-20-29-33(5)13-12-26(48-31(41)10-8-24-7-9-27(38)28(18-24)39(46)47)19-25(33)11-14-36(29,44)37(45)16-15-35(43,23(4)40)34(30,37)6/h7-11,17-18,21,26,29-30,43-45H,12-16,19-20H2,1-6H3/b10-8+,22-17+/t26-,29+,30+,33-,34+,35+,36-,37+/m0/s1. The second-order valence-corrected chi connectivity index (χ2v) is 15.5. The van der Waals surface area contributed by atoms with Gasteiger partial charge in [-0.05, 0) is 88.3 Å². The van der Waals surface area contributed by atoms with Gasteiger partial charge in [0.2, 0.25) is 0 Å². The van der Waals surface area contributed by atoms with Gasteiger partial charge in [0.25, 0.3) is 5.69 Å². The quantitative estimate of drug-likeness (QED) is 0.0988. The van der Waals surface area contributed by atoms with Crippen LogP contribution >= 0.6 is 11.6 Å². The molecule has 1 aromatic rings. The molecule has 0 saturated heterocycles. The number of hydrogen-bond acceptors (Lipinski definition) is 10. The van der Waals surface area contributed by atoms with E-state index in [-0.39, 0.29) is 42.3 Å². The molecule has 49 heavy (non-hydrogen) atoms. The third-order valence-electron chi connectivity index (χ3n) is 12.5. The molecule has 4 aliphatic carbocycles. The van der Waals surface area contributed by atoms with E-state index in [0.717, 1.165) is 11.1 Å². The van der Waals surface area contributed by atoms with Gasteiger partial charge in [-0.2, -0.15) is 0 Å². The molecule has 4 aliphatic rings. The van der Waals surface area contributed by atoms with Crippen LogP contribution in [0.5, 0.6) is 0 Å². The fourth-order valence-electron chi connectivity index (χ4n) is 9.12. The molecule has 0 amide bonds. The molecule has 0 unspecified atom stereocenters. The highest BCUT2D eigenvalue weighted by molar-refractivity contribution is 6.32.